The van der Waals surface area contributed by atoms with E-state index in [0.717, 1.165) is 5.56 Å². The van der Waals surface area contributed by atoms with Gasteiger partial charge < -0.3 is 15.4 Å². The molecule has 0 aliphatic rings. The molecule has 0 aliphatic heterocycles. The van der Waals surface area contributed by atoms with Crippen molar-refractivity contribution in [3.8, 4) is 0 Å². The molecule has 0 spiro atoms. The van der Waals surface area contributed by atoms with Gasteiger partial charge in [-0.1, -0.05) is 39.0 Å². The number of anilines is 1. The summed E-state index contributed by atoms with van der Waals surface area (Å²) in [7, 11) is 1.29. The number of esters is 1. The quantitative estimate of drug-likeness (QED) is 0.775. The normalized spacial score (nSPS) is 12.0. The van der Waals surface area contributed by atoms with Gasteiger partial charge in [-0.25, -0.2) is 4.79 Å². The fourth-order valence-electron chi connectivity index (χ4n) is 2.56. The summed E-state index contributed by atoms with van der Waals surface area (Å²) in [5.41, 5.74) is 2.39. The first kappa shape index (κ1) is 21.2. The molecule has 1 atom stereocenters. The number of ether oxygens (including phenoxy) is 1. The third kappa shape index (κ3) is 5.42. The second-order valence-electron chi connectivity index (χ2n) is 7.58. The summed E-state index contributed by atoms with van der Waals surface area (Å²) in [6.07, 6.45) is 0. The van der Waals surface area contributed by atoms with E-state index in [1.807, 2.05) is 12.1 Å². The van der Waals surface area contributed by atoms with Crippen molar-refractivity contribution in [1.82, 2.24) is 5.32 Å². The Labute approximate surface area is 165 Å². The zero-order chi connectivity index (χ0) is 20.9. The maximum Gasteiger partial charge on any atom is 0.337 e. The van der Waals surface area contributed by atoms with Gasteiger partial charge in [0.15, 0.2) is 0 Å². The van der Waals surface area contributed by atoms with Crippen LogP contribution in [0.4, 0.5) is 5.69 Å². The Morgan fingerprint density at radius 3 is 2.18 bits per heavy atom. The predicted octanol–water partition coefficient (Wildman–Crippen LogP) is 3.53. The molecule has 0 aliphatic carbocycles. The number of carbonyl (C=O) groups excluding carboxylic acids is 3. The van der Waals surface area contributed by atoms with Crippen LogP contribution in [0, 0.1) is 0 Å². The van der Waals surface area contributed by atoms with Crippen molar-refractivity contribution in [1.29, 1.82) is 0 Å². The van der Waals surface area contributed by atoms with Crippen LogP contribution in [0.1, 0.15) is 54.0 Å². The molecule has 2 rings (SSSR count). The van der Waals surface area contributed by atoms with Gasteiger partial charge in [-0.2, -0.15) is 0 Å². The summed E-state index contributed by atoms with van der Waals surface area (Å²) in [5.74, 6) is -1.20. The summed E-state index contributed by atoms with van der Waals surface area (Å²) >= 11 is 0. The molecule has 6 nitrogen and oxygen atoms in total. The van der Waals surface area contributed by atoms with Gasteiger partial charge in [0, 0.05) is 11.3 Å². The molecule has 2 aromatic rings. The Morgan fingerprint density at radius 2 is 1.61 bits per heavy atom. The first-order valence-electron chi connectivity index (χ1n) is 9.02. The van der Waals surface area contributed by atoms with Crippen molar-refractivity contribution in [2.45, 2.75) is 39.2 Å². The Bertz CT molecular complexity index is 867. The molecule has 0 fully saturated rings. The highest BCUT2D eigenvalue weighted by Crippen LogP contribution is 2.22. The maximum absolute atomic E-state index is 12.4. The summed E-state index contributed by atoms with van der Waals surface area (Å²) in [6, 6.07) is 13.0. The molecule has 0 heterocycles. The van der Waals surface area contributed by atoms with Gasteiger partial charge in [-0.3, -0.25) is 9.59 Å². The zero-order valence-corrected chi connectivity index (χ0v) is 16.8. The number of benzene rings is 2. The van der Waals surface area contributed by atoms with E-state index in [1.165, 1.54) is 13.2 Å². The van der Waals surface area contributed by atoms with E-state index >= 15 is 0 Å². The molecule has 1 unspecified atom stereocenters. The minimum Gasteiger partial charge on any atom is -0.465 e. The van der Waals surface area contributed by atoms with E-state index in [-0.39, 0.29) is 17.2 Å². The number of hydrogen-bond donors (Lipinski definition) is 2. The topological polar surface area (TPSA) is 84.5 Å². The minimum absolute atomic E-state index is 0.000912. The summed E-state index contributed by atoms with van der Waals surface area (Å²) in [5, 5.41) is 5.37. The van der Waals surface area contributed by atoms with E-state index in [9.17, 15) is 14.4 Å². The van der Waals surface area contributed by atoms with Crippen LogP contribution in [0.2, 0.25) is 0 Å². The molecule has 28 heavy (non-hydrogen) atoms. The second-order valence-corrected chi connectivity index (χ2v) is 7.58. The van der Waals surface area contributed by atoms with E-state index in [0.29, 0.717) is 16.8 Å². The molecule has 0 aromatic heterocycles. The van der Waals surface area contributed by atoms with Gasteiger partial charge >= 0.3 is 5.97 Å². The van der Waals surface area contributed by atoms with Crippen LogP contribution in [0.25, 0.3) is 0 Å². The van der Waals surface area contributed by atoms with Gasteiger partial charge in [0.05, 0.1) is 12.7 Å². The van der Waals surface area contributed by atoms with Crippen LogP contribution in [0.15, 0.2) is 48.5 Å². The number of nitrogens with one attached hydrogen (secondary N) is 2. The second kappa shape index (κ2) is 8.69. The van der Waals surface area contributed by atoms with E-state index < -0.39 is 12.0 Å². The lowest BCUT2D eigenvalue weighted by atomic mass is 9.86. The highest BCUT2D eigenvalue weighted by Gasteiger charge is 2.18. The van der Waals surface area contributed by atoms with Gasteiger partial charge in [0.2, 0.25) is 5.91 Å². The fraction of sp³-hybridized carbons (Fsp3) is 0.318. The van der Waals surface area contributed by atoms with Crippen molar-refractivity contribution in [3.05, 3.63) is 65.2 Å². The van der Waals surface area contributed by atoms with Gasteiger partial charge in [-0.05, 0) is 48.2 Å². The Morgan fingerprint density at radius 1 is 0.964 bits per heavy atom. The monoisotopic (exact) mass is 382 g/mol. The zero-order valence-electron chi connectivity index (χ0n) is 16.8. The number of methoxy groups -OCH3 is 1. The standard InChI is InChI=1S/C22H26N2O4/c1-14(19(25)24-18-8-6-7-16(13-18)21(27)28-5)23-20(26)15-9-11-17(12-10-15)22(2,3)4/h6-14H,1-5H3,(H,23,26)(H,24,25). The summed E-state index contributed by atoms with van der Waals surface area (Å²) in [4.78, 5) is 36.4. The number of hydrogen-bond acceptors (Lipinski definition) is 4. The average Bonchev–Trinajstić information content (AvgIpc) is 2.66. The third-order valence-electron chi connectivity index (χ3n) is 4.31. The van der Waals surface area contributed by atoms with Crippen molar-refractivity contribution in [2.24, 2.45) is 0 Å². The highest BCUT2D eigenvalue weighted by molar-refractivity contribution is 6.01. The lowest BCUT2D eigenvalue weighted by Gasteiger charge is -2.19. The molecular formula is C22H26N2O4. The summed E-state index contributed by atoms with van der Waals surface area (Å²) in [6.45, 7) is 7.90. The van der Waals surface area contributed by atoms with E-state index in [4.69, 9.17) is 0 Å². The Hall–Kier alpha value is -3.15. The highest BCUT2D eigenvalue weighted by atomic mass is 16.5. The van der Waals surface area contributed by atoms with Crippen LogP contribution in [0.5, 0.6) is 0 Å². The van der Waals surface area contributed by atoms with Crippen molar-refractivity contribution >= 4 is 23.5 Å². The number of amides is 2. The molecule has 0 bridgehead atoms. The van der Waals surface area contributed by atoms with Crippen molar-refractivity contribution < 1.29 is 19.1 Å². The van der Waals surface area contributed by atoms with Crippen molar-refractivity contribution in [3.63, 3.8) is 0 Å². The van der Waals surface area contributed by atoms with Gasteiger partial charge in [-0.15, -0.1) is 0 Å². The molecule has 2 N–H and O–H groups in total. The van der Waals surface area contributed by atoms with E-state index in [1.54, 1.807) is 37.3 Å². The van der Waals surface area contributed by atoms with Gasteiger partial charge in [0.1, 0.15) is 6.04 Å². The molecular weight excluding hydrogens is 356 g/mol. The number of carbonyl (C=O) groups is 3. The molecule has 148 valence electrons. The minimum atomic E-state index is -0.753. The SMILES string of the molecule is COC(=O)c1cccc(NC(=O)C(C)NC(=O)c2ccc(C(C)(C)C)cc2)c1. The smallest absolute Gasteiger partial charge is 0.337 e. The van der Waals surface area contributed by atoms with Gasteiger partial charge in [0.25, 0.3) is 5.91 Å². The molecule has 2 aromatic carbocycles. The van der Waals surface area contributed by atoms with Crippen LogP contribution in [-0.4, -0.2) is 30.9 Å². The third-order valence-corrected chi connectivity index (χ3v) is 4.31. The molecule has 0 radical (unpaired) electrons. The molecule has 6 heteroatoms. The fourth-order valence-corrected chi connectivity index (χ4v) is 2.56. The molecule has 0 saturated carbocycles. The maximum atomic E-state index is 12.4. The van der Waals surface area contributed by atoms with Crippen molar-refractivity contribution in [2.75, 3.05) is 12.4 Å². The molecule has 0 saturated heterocycles. The average molecular weight is 382 g/mol. The first-order valence-corrected chi connectivity index (χ1v) is 9.02. The van der Waals surface area contributed by atoms with Crippen LogP contribution < -0.4 is 10.6 Å². The lowest BCUT2D eigenvalue weighted by molar-refractivity contribution is -0.117. The van der Waals surface area contributed by atoms with Crippen LogP contribution in [-0.2, 0) is 14.9 Å². The Kier molecular flexibility index (Phi) is 6.57. The van der Waals surface area contributed by atoms with E-state index in [2.05, 4.69) is 36.1 Å². The predicted molar refractivity (Wildman–Crippen MR) is 108 cm³/mol. The largest absolute Gasteiger partial charge is 0.465 e. The first-order chi connectivity index (χ1) is 13.1. The van der Waals surface area contributed by atoms with Crippen LogP contribution in [0.3, 0.4) is 0 Å². The Balaban J connectivity index is 2.00. The summed E-state index contributed by atoms with van der Waals surface area (Å²) < 4.78 is 4.67. The van der Waals surface area contributed by atoms with Crippen LogP contribution >= 0.6 is 0 Å². The lowest BCUT2D eigenvalue weighted by Crippen LogP contribution is -2.41. The number of rotatable bonds is 5. The molecule has 2 amide bonds.